The Hall–Kier alpha value is -1.44. The van der Waals surface area contributed by atoms with E-state index in [0.717, 1.165) is 39.3 Å². The Morgan fingerprint density at radius 3 is 2.57 bits per heavy atom. The van der Waals surface area contributed by atoms with Crippen molar-refractivity contribution in [1.82, 2.24) is 19.4 Å². The van der Waals surface area contributed by atoms with E-state index in [1.807, 2.05) is 5.38 Å². The molecule has 0 amide bonds. The van der Waals surface area contributed by atoms with Crippen LogP contribution in [0.5, 0.6) is 0 Å². The van der Waals surface area contributed by atoms with E-state index >= 15 is 0 Å². The lowest BCUT2D eigenvalue weighted by Crippen LogP contribution is -2.48. The maximum Gasteiger partial charge on any atom is 0.328 e. The van der Waals surface area contributed by atoms with Crippen LogP contribution < -0.4 is 11.2 Å². The molecular formula is C14H20N4O2S. The summed E-state index contributed by atoms with van der Waals surface area (Å²) in [5, 5.41) is 1.83. The van der Waals surface area contributed by atoms with Gasteiger partial charge in [0.15, 0.2) is 0 Å². The van der Waals surface area contributed by atoms with Gasteiger partial charge in [-0.25, -0.2) is 4.79 Å². The molecule has 114 valence electrons. The van der Waals surface area contributed by atoms with Gasteiger partial charge in [-0.3, -0.25) is 14.3 Å². The number of piperazine rings is 1. The molecule has 0 radical (unpaired) electrons. The monoisotopic (exact) mass is 308 g/mol. The first-order valence-electron chi connectivity index (χ1n) is 7.34. The molecule has 0 aliphatic carbocycles. The van der Waals surface area contributed by atoms with E-state index in [1.165, 1.54) is 15.9 Å². The van der Waals surface area contributed by atoms with Crippen molar-refractivity contribution in [2.75, 3.05) is 39.3 Å². The number of nitrogens with zero attached hydrogens (tertiary/aromatic N) is 3. The van der Waals surface area contributed by atoms with Crippen LogP contribution >= 0.6 is 11.3 Å². The molecule has 1 saturated heterocycles. The Labute approximate surface area is 126 Å². The van der Waals surface area contributed by atoms with Crippen LogP contribution in [0.1, 0.15) is 6.92 Å². The number of rotatable bonds is 4. The third-order valence-electron chi connectivity index (χ3n) is 4.14. The molecule has 2 aromatic rings. The highest BCUT2D eigenvalue weighted by Crippen LogP contribution is 2.12. The molecule has 0 spiro atoms. The van der Waals surface area contributed by atoms with E-state index in [4.69, 9.17) is 0 Å². The van der Waals surface area contributed by atoms with E-state index < -0.39 is 0 Å². The lowest BCUT2D eigenvalue weighted by Gasteiger charge is -2.33. The number of H-pyrrole nitrogens is 1. The predicted molar refractivity (Wildman–Crippen MR) is 85.3 cm³/mol. The number of thiophene rings is 1. The fourth-order valence-corrected chi connectivity index (χ4v) is 3.54. The molecule has 1 fully saturated rings. The van der Waals surface area contributed by atoms with Gasteiger partial charge in [-0.15, -0.1) is 11.3 Å². The standard InChI is InChI=1S/C14H20N4O2S/c1-2-16-4-6-17(7-5-16)8-9-18-13(19)12-11(3-10-21-12)15-14(18)20/h3,10H,2,4-9H2,1H3,(H,15,20). The largest absolute Gasteiger partial charge is 0.328 e. The summed E-state index contributed by atoms with van der Waals surface area (Å²) in [6.07, 6.45) is 0. The minimum Gasteiger partial charge on any atom is -0.306 e. The number of aromatic amines is 1. The molecule has 1 aliphatic rings. The van der Waals surface area contributed by atoms with Gasteiger partial charge < -0.3 is 9.88 Å². The van der Waals surface area contributed by atoms with Crippen molar-refractivity contribution < 1.29 is 0 Å². The molecule has 0 atom stereocenters. The highest BCUT2D eigenvalue weighted by atomic mass is 32.1. The average molecular weight is 308 g/mol. The van der Waals surface area contributed by atoms with Crippen LogP contribution in [-0.2, 0) is 6.54 Å². The second kappa shape index (κ2) is 6.13. The zero-order chi connectivity index (χ0) is 14.8. The van der Waals surface area contributed by atoms with Crippen molar-refractivity contribution in [2.45, 2.75) is 13.5 Å². The summed E-state index contributed by atoms with van der Waals surface area (Å²) in [7, 11) is 0. The normalized spacial score (nSPS) is 17.6. The van der Waals surface area contributed by atoms with Crippen molar-refractivity contribution in [3.63, 3.8) is 0 Å². The minimum absolute atomic E-state index is 0.170. The molecular weight excluding hydrogens is 288 g/mol. The topological polar surface area (TPSA) is 61.3 Å². The molecule has 0 aromatic carbocycles. The Bertz CT molecular complexity index is 724. The highest BCUT2D eigenvalue weighted by Gasteiger charge is 2.16. The maximum absolute atomic E-state index is 12.3. The molecule has 0 bridgehead atoms. The zero-order valence-corrected chi connectivity index (χ0v) is 13.0. The molecule has 3 heterocycles. The fraction of sp³-hybridized carbons (Fsp3) is 0.571. The molecule has 0 unspecified atom stereocenters. The van der Waals surface area contributed by atoms with Crippen LogP contribution in [-0.4, -0.2) is 58.6 Å². The first kappa shape index (κ1) is 14.5. The van der Waals surface area contributed by atoms with E-state index in [9.17, 15) is 9.59 Å². The molecule has 21 heavy (non-hydrogen) atoms. The molecule has 3 rings (SSSR count). The SMILES string of the molecule is CCN1CCN(CCn2c(=O)[nH]c3ccsc3c2=O)CC1. The smallest absolute Gasteiger partial charge is 0.306 e. The summed E-state index contributed by atoms with van der Waals surface area (Å²) in [5.74, 6) is 0. The van der Waals surface area contributed by atoms with Crippen molar-refractivity contribution in [2.24, 2.45) is 0 Å². The first-order valence-corrected chi connectivity index (χ1v) is 8.22. The number of fused-ring (bicyclic) bond motifs is 1. The maximum atomic E-state index is 12.3. The van der Waals surface area contributed by atoms with Crippen molar-refractivity contribution in [1.29, 1.82) is 0 Å². The third-order valence-corrected chi connectivity index (χ3v) is 5.05. The van der Waals surface area contributed by atoms with Gasteiger partial charge in [0.25, 0.3) is 5.56 Å². The van der Waals surface area contributed by atoms with Crippen molar-refractivity contribution in [3.05, 3.63) is 32.3 Å². The summed E-state index contributed by atoms with van der Waals surface area (Å²) in [4.78, 5) is 31.8. The van der Waals surface area contributed by atoms with Gasteiger partial charge in [-0.2, -0.15) is 0 Å². The molecule has 0 saturated carbocycles. The molecule has 6 nitrogen and oxygen atoms in total. The van der Waals surface area contributed by atoms with Crippen LogP contribution in [0.2, 0.25) is 0 Å². The number of likely N-dealkylation sites (N-methyl/N-ethyl adjacent to an activating group) is 1. The number of nitrogens with one attached hydrogen (secondary N) is 1. The zero-order valence-electron chi connectivity index (χ0n) is 12.2. The molecule has 2 aromatic heterocycles. The van der Waals surface area contributed by atoms with Crippen LogP contribution in [0.4, 0.5) is 0 Å². The predicted octanol–water partition coefficient (Wildman–Crippen LogP) is 0.389. The summed E-state index contributed by atoms with van der Waals surface area (Å²) >= 11 is 1.38. The van der Waals surface area contributed by atoms with Gasteiger partial charge >= 0.3 is 5.69 Å². The summed E-state index contributed by atoms with van der Waals surface area (Å²) in [6, 6.07) is 1.77. The Balaban J connectivity index is 1.71. The van der Waals surface area contributed by atoms with Gasteiger partial charge in [-0.05, 0) is 18.0 Å². The minimum atomic E-state index is -0.307. The van der Waals surface area contributed by atoms with E-state index in [0.29, 0.717) is 16.8 Å². The third kappa shape index (κ3) is 2.95. The van der Waals surface area contributed by atoms with Crippen LogP contribution in [0.3, 0.4) is 0 Å². The number of hydrogen-bond donors (Lipinski definition) is 1. The second-order valence-electron chi connectivity index (χ2n) is 5.33. The summed E-state index contributed by atoms with van der Waals surface area (Å²) in [5.41, 5.74) is 0.164. The Morgan fingerprint density at radius 1 is 1.14 bits per heavy atom. The molecule has 7 heteroatoms. The van der Waals surface area contributed by atoms with Gasteiger partial charge in [0.2, 0.25) is 0 Å². The fourth-order valence-electron chi connectivity index (χ4n) is 2.74. The van der Waals surface area contributed by atoms with Crippen LogP contribution in [0.15, 0.2) is 21.0 Å². The molecule has 1 N–H and O–H groups in total. The van der Waals surface area contributed by atoms with E-state index in [-0.39, 0.29) is 11.2 Å². The van der Waals surface area contributed by atoms with Crippen molar-refractivity contribution in [3.8, 4) is 0 Å². The number of hydrogen-bond acceptors (Lipinski definition) is 5. The van der Waals surface area contributed by atoms with Crippen molar-refractivity contribution >= 4 is 21.6 Å². The van der Waals surface area contributed by atoms with Gasteiger partial charge in [0.1, 0.15) is 4.70 Å². The lowest BCUT2D eigenvalue weighted by atomic mass is 10.3. The van der Waals surface area contributed by atoms with Crippen LogP contribution in [0, 0.1) is 0 Å². The van der Waals surface area contributed by atoms with E-state index in [1.54, 1.807) is 6.07 Å². The Morgan fingerprint density at radius 2 is 1.86 bits per heavy atom. The van der Waals surface area contributed by atoms with Gasteiger partial charge in [0.05, 0.1) is 5.52 Å². The lowest BCUT2D eigenvalue weighted by molar-refractivity contribution is 0.133. The Kier molecular flexibility index (Phi) is 4.23. The summed E-state index contributed by atoms with van der Waals surface area (Å²) in [6.45, 7) is 8.58. The van der Waals surface area contributed by atoms with Gasteiger partial charge in [0, 0.05) is 39.3 Å². The summed E-state index contributed by atoms with van der Waals surface area (Å²) < 4.78 is 1.95. The second-order valence-corrected chi connectivity index (χ2v) is 6.24. The highest BCUT2D eigenvalue weighted by molar-refractivity contribution is 7.17. The van der Waals surface area contributed by atoms with E-state index in [2.05, 4.69) is 21.7 Å². The van der Waals surface area contributed by atoms with Crippen LogP contribution in [0.25, 0.3) is 10.2 Å². The number of aromatic nitrogens is 2. The van der Waals surface area contributed by atoms with Gasteiger partial charge in [-0.1, -0.05) is 6.92 Å². The molecule has 1 aliphatic heterocycles. The quantitative estimate of drug-likeness (QED) is 0.887. The average Bonchev–Trinajstić information content (AvgIpc) is 2.96. The first-order chi connectivity index (χ1) is 10.2.